The summed E-state index contributed by atoms with van der Waals surface area (Å²) in [5.74, 6) is -0.289. The van der Waals surface area contributed by atoms with Gasteiger partial charge < -0.3 is 10.5 Å². The number of esters is 1. The van der Waals surface area contributed by atoms with Gasteiger partial charge in [-0.3, -0.25) is 4.79 Å². The van der Waals surface area contributed by atoms with Crippen molar-refractivity contribution in [3.63, 3.8) is 0 Å². The summed E-state index contributed by atoms with van der Waals surface area (Å²) in [6.07, 6.45) is 5.46. The summed E-state index contributed by atoms with van der Waals surface area (Å²) in [5, 5.41) is 0. The number of unbranched alkanes of at least 4 members (excludes halogenated alkanes) is 2. The lowest BCUT2D eigenvalue weighted by atomic mass is 10.1. The maximum Gasteiger partial charge on any atom is 0.319 e. The molecule has 0 aliphatic rings. The number of carbonyl (C=O) groups excluding carboxylic acids is 1. The van der Waals surface area contributed by atoms with Crippen molar-refractivity contribution >= 4 is 5.97 Å². The maximum atomic E-state index is 10.9. The number of hydrogen-bond acceptors (Lipinski definition) is 3. The Labute approximate surface area is 80.6 Å². The van der Waals surface area contributed by atoms with Gasteiger partial charge in [-0.15, -0.1) is 0 Å². The van der Waals surface area contributed by atoms with E-state index in [-0.39, 0.29) is 18.6 Å². The minimum Gasteiger partial charge on any atom is -0.461 e. The maximum absolute atomic E-state index is 10.9. The Morgan fingerprint density at radius 1 is 1.38 bits per heavy atom. The van der Waals surface area contributed by atoms with Crippen molar-refractivity contribution in [2.75, 3.05) is 6.54 Å². The van der Waals surface area contributed by atoms with Crippen LogP contribution in [0.1, 0.15) is 46.0 Å². The molecule has 78 valence electrons. The molecule has 1 atom stereocenters. The fourth-order valence-corrected chi connectivity index (χ4v) is 1.20. The van der Waals surface area contributed by atoms with E-state index in [1.165, 1.54) is 12.8 Å². The van der Waals surface area contributed by atoms with Gasteiger partial charge >= 0.3 is 5.97 Å². The molecule has 0 aliphatic heterocycles. The van der Waals surface area contributed by atoms with Gasteiger partial charge in [0.25, 0.3) is 0 Å². The van der Waals surface area contributed by atoms with Gasteiger partial charge in [0.15, 0.2) is 0 Å². The summed E-state index contributed by atoms with van der Waals surface area (Å²) in [5.41, 5.74) is 5.16. The molecule has 0 aromatic rings. The molecule has 0 spiro atoms. The second-order valence-electron chi connectivity index (χ2n) is 3.22. The Kier molecular flexibility index (Phi) is 7.69. The van der Waals surface area contributed by atoms with Crippen LogP contribution in [0.4, 0.5) is 0 Å². The lowest BCUT2D eigenvalue weighted by Crippen LogP contribution is -2.23. The van der Waals surface area contributed by atoms with Gasteiger partial charge in [0, 0.05) is 0 Å². The van der Waals surface area contributed by atoms with Gasteiger partial charge in [0.2, 0.25) is 0 Å². The van der Waals surface area contributed by atoms with Crippen molar-refractivity contribution in [1.82, 2.24) is 0 Å². The second-order valence-corrected chi connectivity index (χ2v) is 3.22. The molecule has 3 heteroatoms. The normalized spacial score (nSPS) is 12.5. The first-order chi connectivity index (χ1) is 6.24. The van der Waals surface area contributed by atoms with E-state index in [9.17, 15) is 4.79 Å². The Hall–Kier alpha value is -0.570. The molecule has 0 aromatic carbocycles. The molecule has 0 saturated carbocycles. The average molecular weight is 187 g/mol. The molecule has 0 aromatic heterocycles. The number of rotatable bonds is 7. The molecule has 0 fully saturated rings. The Balaban J connectivity index is 3.56. The van der Waals surface area contributed by atoms with Gasteiger partial charge in [0.05, 0.1) is 6.54 Å². The molecule has 0 radical (unpaired) electrons. The summed E-state index contributed by atoms with van der Waals surface area (Å²) in [6, 6.07) is 0. The minimum absolute atomic E-state index is 0.00965. The zero-order valence-electron chi connectivity index (χ0n) is 8.71. The number of ether oxygens (including phenoxy) is 1. The highest BCUT2D eigenvalue weighted by atomic mass is 16.5. The van der Waals surface area contributed by atoms with Gasteiger partial charge in [-0.05, 0) is 19.3 Å². The van der Waals surface area contributed by atoms with Crippen LogP contribution >= 0.6 is 0 Å². The van der Waals surface area contributed by atoms with Crippen molar-refractivity contribution < 1.29 is 9.53 Å². The van der Waals surface area contributed by atoms with Gasteiger partial charge in [0.1, 0.15) is 6.10 Å². The van der Waals surface area contributed by atoms with Crippen molar-refractivity contribution in [2.45, 2.75) is 52.1 Å². The highest BCUT2D eigenvalue weighted by Crippen LogP contribution is 2.09. The summed E-state index contributed by atoms with van der Waals surface area (Å²) in [6.45, 7) is 4.18. The number of nitrogens with two attached hydrogens (primary N) is 1. The third kappa shape index (κ3) is 6.58. The quantitative estimate of drug-likeness (QED) is 0.489. The Bertz CT molecular complexity index is 137. The molecule has 0 rings (SSSR count). The first kappa shape index (κ1) is 12.4. The van der Waals surface area contributed by atoms with Crippen LogP contribution in [0.2, 0.25) is 0 Å². The molecule has 2 N–H and O–H groups in total. The highest BCUT2D eigenvalue weighted by Gasteiger charge is 2.10. The standard InChI is InChI=1S/C10H21NO2/c1-3-5-6-7-9(4-2)13-10(12)8-11/h9H,3-8,11H2,1-2H3. The van der Waals surface area contributed by atoms with E-state index < -0.39 is 0 Å². The van der Waals surface area contributed by atoms with Crippen molar-refractivity contribution in [1.29, 1.82) is 0 Å². The predicted molar refractivity (Wildman–Crippen MR) is 53.4 cm³/mol. The smallest absolute Gasteiger partial charge is 0.319 e. The highest BCUT2D eigenvalue weighted by molar-refractivity contribution is 5.71. The van der Waals surface area contributed by atoms with Crippen molar-refractivity contribution in [3.05, 3.63) is 0 Å². The summed E-state index contributed by atoms with van der Waals surface area (Å²) >= 11 is 0. The zero-order valence-corrected chi connectivity index (χ0v) is 8.71. The van der Waals surface area contributed by atoms with Gasteiger partial charge in [-0.2, -0.15) is 0 Å². The molecular weight excluding hydrogens is 166 g/mol. The SMILES string of the molecule is CCCCCC(CC)OC(=O)CN. The summed E-state index contributed by atoms with van der Waals surface area (Å²) in [7, 11) is 0. The largest absolute Gasteiger partial charge is 0.461 e. The van der Waals surface area contributed by atoms with Crippen LogP contribution in [-0.2, 0) is 9.53 Å². The molecule has 0 saturated heterocycles. The van der Waals surface area contributed by atoms with E-state index in [0.29, 0.717) is 0 Å². The van der Waals surface area contributed by atoms with Crippen LogP contribution in [0.15, 0.2) is 0 Å². The molecular formula is C10H21NO2. The van der Waals surface area contributed by atoms with Gasteiger partial charge in [-0.25, -0.2) is 0 Å². The van der Waals surface area contributed by atoms with E-state index in [0.717, 1.165) is 19.3 Å². The molecule has 0 amide bonds. The number of carbonyl (C=O) groups is 1. The first-order valence-corrected chi connectivity index (χ1v) is 5.14. The minimum atomic E-state index is -0.289. The van der Waals surface area contributed by atoms with Crippen LogP contribution in [0, 0.1) is 0 Å². The third-order valence-corrected chi connectivity index (χ3v) is 2.05. The van der Waals surface area contributed by atoms with Crippen LogP contribution < -0.4 is 5.73 Å². The Morgan fingerprint density at radius 3 is 2.54 bits per heavy atom. The zero-order chi connectivity index (χ0) is 10.1. The average Bonchev–Trinajstić information content (AvgIpc) is 2.16. The number of hydrogen-bond donors (Lipinski definition) is 1. The van der Waals surface area contributed by atoms with Crippen LogP contribution in [0.3, 0.4) is 0 Å². The molecule has 1 unspecified atom stereocenters. The van der Waals surface area contributed by atoms with E-state index in [4.69, 9.17) is 10.5 Å². The first-order valence-electron chi connectivity index (χ1n) is 5.14. The van der Waals surface area contributed by atoms with E-state index in [2.05, 4.69) is 6.92 Å². The molecule has 3 nitrogen and oxygen atoms in total. The third-order valence-electron chi connectivity index (χ3n) is 2.05. The molecule has 0 bridgehead atoms. The van der Waals surface area contributed by atoms with Gasteiger partial charge in [-0.1, -0.05) is 26.7 Å². The molecule has 0 heterocycles. The van der Waals surface area contributed by atoms with Crippen molar-refractivity contribution in [2.24, 2.45) is 5.73 Å². The van der Waals surface area contributed by atoms with Crippen LogP contribution in [0.5, 0.6) is 0 Å². The Morgan fingerprint density at radius 2 is 2.08 bits per heavy atom. The van der Waals surface area contributed by atoms with Crippen LogP contribution in [0.25, 0.3) is 0 Å². The lowest BCUT2D eigenvalue weighted by Gasteiger charge is -2.15. The van der Waals surface area contributed by atoms with E-state index in [1.807, 2.05) is 6.92 Å². The lowest BCUT2D eigenvalue weighted by molar-refractivity contribution is -0.147. The second kappa shape index (κ2) is 8.05. The fraction of sp³-hybridized carbons (Fsp3) is 0.900. The van der Waals surface area contributed by atoms with Crippen molar-refractivity contribution in [3.8, 4) is 0 Å². The van der Waals surface area contributed by atoms with E-state index >= 15 is 0 Å². The van der Waals surface area contributed by atoms with E-state index in [1.54, 1.807) is 0 Å². The fourth-order valence-electron chi connectivity index (χ4n) is 1.20. The molecule has 13 heavy (non-hydrogen) atoms. The summed E-state index contributed by atoms with van der Waals surface area (Å²) in [4.78, 5) is 10.9. The van der Waals surface area contributed by atoms with Crippen LogP contribution in [-0.4, -0.2) is 18.6 Å². The summed E-state index contributed by atoms with van der Waals surface area (Å²) < 4.78 is 5.13. The predicted octanol–water partition coefficient (Wildman–Crippen LogP) is 1.85. The topological polar surface area (TPSA) is 52.3 Å². The molecule has 0 aliphatic carbocycles. The monoisotopic (exact) mass is 187 g/mol.